The van der Waals surface area contributed by atoms with Crippen LogP contribution in [0.15, 0.2) is 54.6 Å². The zero-order valence-corrected chi connectivity index (χ0v) is 15.3. The minimum Gasteiger partial charge on any atom is -0.491 e. The number of ether oxygens (including phenoxy) is 1. The van der Waals surface area contributed by atoms with Crippen LogP contribution in [0.4, 0.5) is 0 Å². The van der Waals surface area contributed by atoms with Crippen LogP contribution < -0.4 is 9.64 Å². The van der Waals surface area contributed by atoms with Crippen molar-refractivity contribution < 1.29 is 14.7 Å². The van der Waals surface area contributed by atoms with Gasteiger partial charge in [0.15, 0.2) is 0 Å². The third kappa shape index (κ3) is 5.32. The van der Waals surface area contributed by atoms with E-state index >= 15 is 0 Å². The first-order valence-corrected chi connectivity index (χ1v) is 9.40. The highest BCUT2D eigenvalue weighted by atomic mass is 16.5. The molecule has 0 unspecified atom stereocenters. The minimum absolute atomic E-state index is 0.358. The molecule has 25 heavy (non-hydrogen) atoms. The standard InChI is InChI=1S/C22H29NO2/c1-17-12-18(2)14-23(13-17)15-21(24)16-25-22-10-8-20(9-11-22)19-6-4-3-5-7-19/h3-11,17-18,21,24H,12-16H2,1-2H3/p+1/t17-,18-,21+/m1/s1. The van der Waals surface area contributed by atoms with E-state index < -0.39 is 6.10 Å². The molecule has 3 nitrogen and oxygen atoms in total. The molecular weight excluding hydrogens is 310 g/mol. The SMILES string of the molecule is C[C@@H]1C[C@@H](C)C[NH+](C[C@H](O)COc2ccc(-c3ccccc3)cc2)C1. The first-order valence-electron chi connectivity index (χ1n) is 9.40. The highest BCUT2D eigenvalue weighted by Crippen LogP contribution is 2.22. The van der Waals surface area contributed by atoms with E-state index in [2.05, 4.69) is 38.1 Å². The summed E-state index contributed by atoms with van der Waals surface area (Å²) in [5.74, 6) is 2.31. The van der Waals surface area contributed by atoms with Crippen molar-refractivity contribution in [2.75, 3.05) is 26.2 Å². The number of likely N-dealkylation sites (tertiary alicyclic amines) is 1. The molecule has 2 aromatic rings. The lowest BCUT2D eigenvalue weighted by molar-refractivity contribution is -0.915. The molecule has 3 atom stereocenters. The van der Waals surface area contributed by atoms with E-state index in [1.807, 2.05) is 30.3 Å². The number of rotatable bonds is 6. The maximum Gasteiger partial charge on any atom is 0.137 e. The van der Waals surface area contributed by atoms with Gasteiger partial charge in [-0.3, -0.25) is 0 Å². The van der Waals surface area contributed by atoms with E-state index in [4.69, 9.17) is 4.74 Å². The van der Waals surface area contributed by atoms with Crippen molar-refractivity contribution in [2.45, 2.75) is 26.4 Å². The van der Waals surface area contributed by atoms with Crippen LogP contribution in [0.2, 0.25) is 0 Å². The first kappa shape index (κ1) is 18.0. The molecule has 0 amide bonds. The third-order valence-corrected chi connectivity index (χ3v) is 5.01. The number of aliphatic hydroxyl groups excluding tert-OH is 1. The van der Waals surface area contributed by atoms with Gasteiger partial charge in [-0.2, -0.15) is 0 Å². The van der Waals surface area contributed by atoms with E-state index in [9.17, 15) is 5.11 Å². The van der Waals surface area contributed by atoms with Gasteiger partial charge in [0, 0.05) is 11.8 Å². The largest absolute Gasteiger partial charge is 0.491 e. The maximum atomic E-state index is 10.3. The van der Waals surface area contributed by atoms with Crippen molar-refractivity contribution in [3.05, 3.63) is 54.6 Å². The van der Waals surface area contributed by atoms with Gasteiger partial charge in [-0.05, 0) is 29.7 Å². The number of quaternary nitrogens is 1. The first-order chi connectivity index (χ1) is 12.1. The molecule has 3 heteroatoms. The van der Waals surface area contributed by atoms with E-state index in [-0.39, 0.29) is 0 Å². The molecule has 0 radical (unpaired) electrons. The monoisotopic (exact) mass is 340 g/mol. The van der Waals surface area contributed by atoms with E-state index in [1.54, 1.807) is 0 Å². The zero-order chi connectivity index (χ0) is 17.6. The lowest BCUT2D eigenvalue weighted by Gasteiger charge is -2.33. The average Bonchev–Trinajstić information content (AvgIpc) is 2.60. The molecule has 0 bridgehead atoms. The number of hydrogen-bond acceptors (Lipinski definition) is 2. The molecule has 0 aromatic heterocycles. The Hall–Kier alpha value is -1.84. The van der Waals surface area contributed by atoms with Crippen molar-refractivity contribution in [1.82, 2.24) is 0 Å². The molecule has 1 saturated heterocycles. The molecule has 2 aromatic carbocycles. The molecule has 0 saturated carbocycles. The average molecular weight is 340 g/mol. The van der Waals surface area contributed by atoms with Crippen molar-refractivity contribution in [3.8, 4) is 16.9 Å². The summed E-state index contributed by atoms with van der Waals surface area (Å²) >= 11 is 0. The van der Waals surface area contributed by atoms with Gasteiger partial charge in [-0.15, -0.1) is 0 Å². The van der Waals surface area contributed by atoms with Crippen molar-refractivity contribution >= 4 is 0 Å². The Morgan fingerprint density at radius 2 is 1.56 bits per heavy atom. The Morgan fingerprint density at radius 1 is 0.960 bits per heavy atom. The number of piperidine rings is 1. The smallest absolute Gasteiger partial charge is 0.137 e. The van der Waals surface area contributed by atoms with Crippen LogP contribution >= 0.6 is 0 Å². The fourth-order valence-corrected chi connectivity index (χ4v) is 4.05. The van der Waals surface area contributed by atoms with Crippen molar-refractivity contribution in [2.24, 2.45) is 11.8 Å². The van der Waals surface area contributed by atoms with Gasteiger partial charge in [0.1, 0.15) is 25.0 Å². The van der Waals surface area contributed by atoms with Crippen LogP contribution in [0.1, 0.15) is 20.3 Å². The summed E-state index contributed by atoms with van der Waals surface area (Å²) < 4.78 is 5.79. The van der Waals surface area contributed by atoms with Gasteiger partial charge < -0.3 is 14.7 Å². The molecule has 134 valence electrons. The predicted octanol–water partition coefficient (Wildman–Crippen LogP) is 2.65. The second-order valence-corrected chi connectivity index (χ2v) is 7.66. The topological polar surface area (TPSA) is 33.9 Å². The van der Waals surface area contributed by atoms with Crippen LogP contribution in [0.25, 0.3) is 11.1 Å². The number of hydrogen-bond donors (Lipinski definition) is 2. The van der Waals surface area contributed by atoms with Crippen molar-refractivity contribution in [3.63, 3.8) is 0 Å². The number of aliphatic hydroxyl groups is 1. The van der Waals surface area contributed by atoms with Gasteiger partial charge in [-0.25, -0.2) is 0 Å². The molecule has 3 rings (SSSR count). The fraction of sp³-hybridized carbons (Fsp3) is 0.455. The second-order valence-electron chi connectivity index (χ2n) is 7.66. The van der Waals surface area contributed by atoms with E-state index in [1.165, 1.54) is 22.4 Å². The lowest BCUT2D eigenvalue weighted by Crippen LogP contribution is -3.15. The Balaban J connectivity index is 1.48. The highest BCUT2D eigenvalue weighted by molar-refractivity contribution is 5.63. The molecule has 1 aliphatic heterocycles. The summed E-state index contributed by atoms with van der Waals surface area (Å²) in [5.41, 5.74) is 2.38. The minimum atomic E-state index is -0.415. The third-order valence-electron chi connectivity index (χ3n) is 5.01. The van der Waals surface area contributed by atoms with Gasteiger partial charge in [0.25, 0.3) is 0 Å². The number of benzene rings is 2. The Bertz CT molecular complexity index is 631. The number of nitrogens with one attached hydrogen (secondary N) is 1. The van der Waals surface area contributed by atoms with E-state index in [0.29, 0.717) is 6.61 Å². The molecule has 0 aliphatic carbocycles. The normalized spacial score (nSPS) is 24.7. The molecule has 2 N–H and O–H groups in total. The summed E-state index contributed by atoms with van der Waals surface area (Å²) in [5, 5.41) is 10.3. The Kier molecular flexibility index (Phi) is 6.11. The maximum absolute atomic E-state index is 10.3. The fourth-order valence-electron chi connectivity index (χ4n) is 4.05. The van der Waals surface area contributed by atoms with Crippen LogP contribution in [0, 0.1) is 11.8 Å². The molecular formula is C22H30NO2+. The van der Waals surface area contributed by atoms with Crippen LogP contribution in [0.5, 0.6) is 5.75 Å². The summed E-state index contributed by atoms with van der Waals surface area (Å²) in [6.07, 6.45) is 0.894. The quantitative estimate of drug-likeness (QED) is 0.848. The summed E-state index contributed by atoms with van der Waals surface area (Å²) in [6.45, 7) is 8.08. The van der Waals surface area contributed by atoms with Crippen LogP contribution in [-0.2, 0) is 0 Å². The molecule has 1 aliphatic rings. The van der Waals surface area contributed by atoms with Gasteiger partial charge in [0.05, 0.1) is 13.1 Å². The molecule has 1 fully saturated rings. The molecule has 1 heterocycles. The van der Waals surface area contributed by atoms with Crippen molar-refractivity contribution in [1.29, 1.82) is 0 Å². The van der Waals surface area contributed by atoms with Crippen LogP contribution in [0.3, 0.4) is 0 Å². The summed E-state index contributed by atoms with van der Waals surface area (Å²) in [6, 6.07) is 18.4. The Morgan fingerprint density at radius 3 is 2.20 bits per heavy atom. The predicted molar refractivity (Wildman–Crippen MR) is 102 cm³/mol. The van der Waals surface area contributed by atoms with Gasteiger partial charge >= 0.3 is 0 Å². The lowest BCUT2D eigenvalue weighted by atomic mass is 9.92. The summed E-state index contributed by atoms with van der Waals surface area (Å²) in [4.78, 5) is 1.50. The van der Waals surface area contributed by atoms with Gasteiger partial charge in [-0.1, -0.05) is 56.3 Å². The second kappa shape index (κ2) is 8.50. The Labute approximate surface area is 151 Å². The van der Waals surface area contributed by atoms with E-state index in [0.717, 1.165) is 37.2 Å². The molecule has 0 spiro atoms. The van der Waals surface area contributed by atoms with Gasteiger partial charge in [0.2, 0.25) is 0 Å². The highest BCUT2D eigenvalue weighted by Gasteiger charge is 2.26. The zero-order valence-electron chi connectivity index (χ0n) is 15.3. The summed E-state index contributed by atoms with van der Waals surface area (Å²) in [7, 11) is 0. The van der Waals surface area contributed by atoms with Crippen LogP contribution in [-0.4, -0.2) is 37.5 Å².